The third-order valence-electron chi connectivity index (χ3n) is 4.03. The van der Waals surface area contributed by atoms with Crippen LogP contribution in [0.5, 0.6) is 0 Å². The lowest BCUT2D eigenvalue weighted by Crippen LogP contribution is -2.13. The van der Waals surface area contributed by atoms with Gasteiger partial charge in [-0.2, -0.15) is 0 Å². The molecule has 7 nitrogen and oxygen atoms in total. The van der Waals surface area contributed by atoms with Crippen molar-refractivity contribution in [2.24, 2.45) is 0 Å². The van der Waals surface area contributed by atoms with Gasteiger partial charge in [-0.05, 0) is 18.4 Å². The average molecular weight is 420 g/mol. The highest BCUT2D eigenvalue weighted by atomic mass is 32.2. The highest BCUT2D eigenvalue weighted by Crippen LogP contribution is 2.36. The van der Waals surface area contributed by atoms with Gasteiger partial charge in [0.15, 0.2) is 5.16 Å². The van der Waals surface area contributed by atoms with Crippen LogP contribution in [0.15, 0.2) is 39.2 Å². The van der Waals surface area contributed by atoms with Crippen molar-refractivity contribution in [1.29, 1.82) is 0 Å². The van der Waals surface area contributed by atoms with Crippen molar-refractivity contribution in [2.75, 3.05) is 13.7 Å². The van der Waals surface area contributed by atoms with E-state index in [1.807, 2.05) is 34.4 Å². The Hall–Kier alpha value is -2.01. The molecule has 4 rings (SSSR count). The van der Waals surface area contributed by atoms with E-state index >= 15 is 0 Å². The summed E-state index contributed by atoms with van der Waals surface area (Å²) in [4.78, 5) is 22.2. The zero-order chi connectivity index (χ0) is 18.8. The number of thioether (sulfide) groups is 1. The molecule has 0 aliphatic heterocycles. The van der Waals surface area contributed by atoms with Crippen molar-refractivity contribution in [3.8, 4) is 10.4 Å². The van der Waals surface area contributed by atoms with Crippen LogP contribution in [0.2, 0.25) is 0 Å². The van der Waals surface area contributed by atoms with Gasteiger partial charge < -0.3 is 14.3 Å². The molecule has 0 spiro atoms. The molecule has 27 heavy (non-hydrogen) atoms. The number of thiophene rings is 2. The molecule has 0 aliphatic carbocycles. The first-order chi connectivity index (χ1) is 13.2. The Morgan fingerprint density at radius 2 is 2.30 bits per heavy atom. The Kier molecular flexibility index (Phi) is 5.39. The fraction of sp³-hybridized carbons (Fsp3) is 0.294. The first kappa shape index (κ1) is 18.4. The smallest absolute Gasteiger partial charge is 0.260 e. The summed E-state index contributed by atoms with van der Waals surface area (Å²) in [6, 6.07) is 4.00. The molecule has 0 radical (unpaired) electrons. The van der Waals surface area contributed by atoms with Crippen molar-refractivity contribution in [3.05, 3.63) is 45.4 Å². The highest BCUT2D eigenvalue weighted by Gasteiger charge is 2.18. The number of nitrogens with zero attached hydrogens (tertiary/aromatic N) is 4. The molecule has 1 N–H and O–H groups in total. The maximum atomic E-state index is 12.7. The van der Waals surface area contributed by atoms with Gasteiger partial charge in [-0.3, -0.25) is 4.79 Å². The number of fused-ring (bicyclic) bond motifs is 1. The van der Waals surface area contributed by atoms with Gasteiger partial charge in [-0.25, -0.2) is 4.98 Å². The van der Waals surface area contributed by atoms with E-state index < -0.39 is 0 Å². The Bertz CT molecular complexity index is 1100. The van der Waals surface area contributed by atoms with Crippen LogP contribution in [0.25, 0.3) is 20.7 Å². The number of H-pyrrole nitrogens is 1. The Balaban J connectivity index is 1.63. The first-order valence-corrected chi connectivity index (χ1v) is 10.9. The van der Waals surface area contributed by atoms with Crippen LogP contribution < -0.4 is 5.56 Å². The summed E-state index contributed by atoms with van der Waals surface area (Å²) in [5.74, 6) is 0.637. The Labute approximate surface area is 167 Å². The number of hydrogen-bond acceptors (Lipinski definition) is 8. The molecule has 0 bridgehead atoms. The van der Waals surface area contributed by atoms with Gasteiger partial charge >= 0.3 is 0 Å². The van der Waals surface area contributed by atoms with E-state index in [2.05, 4.69) is 15.2 Å². The molecule has 1 atom stereocenters. The SMILES string of the molecule is COCCn1cnnc1SC(C)c1nc2scc(-c3cccs3)c2c(=O)[nH]1. The quantitative estimate of drug-likeness (QED) is 0.459. The third-order valence-corrected chi connectivity index (χ3v) is 6.91. The summed E-state index contributed by atoms with van der Waals surface area (Å²) >= 11 is 4.63. The third kappa shape index (κ3) is 3.70. The molecule has 140 valence electrons. The van der Waals surface area contributed by atoms with Gasteiger partial charge in [0.2, 0.25) is 0 Å². The van der Waals surface area contributed by atoms with Crippen LogP contribution >= 0.6 is 34.4 Å². The van der Waals surface area contributed by atoms with E-state index in [1.54, 1.807) is 24.8 Å². The maximum Gasteiger partial charge on any atom is 0.260 e. The van der Waals surface area contributed by atoms with E-state index in [4.69, 9.17) is 9.72 Å². The van der Waals surface area contributed by atoms with E-state index in [0.717, 1.165) is 20.4 Å². The Morgan fingerprint density at radius 1 is 1.41 bits per heavy atom. The number of rotatable bonds is 7. The van der Waals surface area contributed by atoms with Gasteiger partial charge in [0.25, 0.3) is 5.56 Å². The summed E-state index contributed by atoms with van der Waals surface area (Å²) in [7, 11) is 1.66. The molecule has 4 aromatic rings. The Morgan fingerprint density at radius 3 is 3.07 bits per heavy atom. The van der Waals surface area contributed by atoms with Crippen LogP contribution in [-0.2, 0) is 11.3 Å². The summed E-state index contributed by atoms with van der Waals surface area (Å²) in [6.07, 6.45) is 1.68. The van der Waals surface area contributed by atoms with Crippen molar-refractivity contribution < 1.29 is 4.74 Å². The van der Waals surface area contributed by atoms with Crippen molar-refractivity contribution in [3.63, 3.8) is 0 Å². The number of nitrogens with one attached hydrogen (secondary N) is 1. The van der Waals surface area contributed by atoms with Gasteiger partial charge in [0, 0.05) is 29.5 Å². The lowest BCUT2D eigenvalue weighted by Gasteiger charge is -2.11. The van der Waals surface area contributed by atoms with Gasteiger partial charge in [-0.1, -0.05) is 17.8 Å². The molecule has 0 amide bonds. The summed E-state index contributed by atoms with van der Waals surface area (Å²) in [5.41, 5.74) is 0.845. The molecular formula is C17H17N5O2S3. The van der Waals surface area contributed by atoms with Gasteiger partial charge in [0.1, 0.15) is 17.0 Å². The minimum Gasteiger partial charge on any atom is -0.383 e. The normalized spacial score (nSPS) is 12.7. The van der Waals surface area contributed by atoms with Gasteiger partial charge in [0.05, 0.1) is 17.2 Å². The zero-order valence-electron chi connectivity index (χ0n) is 14.7. The second-order valence-corrected chi connectivity index (χ2v) is 8.93. The first-order valence-electron chi connectivity index (χ1n) is 8.26. The van der Waals surface area contributed by atoms with Crippen LogP contribution in [0.3, 0.4) is 0 Å². The number of methoxy groups -OCH3 is 1. The largest absolute Gasteiger partial charge is 0.383 e. The standard InChI is InChI=1S/C17H17N5O2S3/c1-10(27-17-21-18-9-22(17)5-6-24-2)14-19-15(23)13-11(8-26-16(13)20-14)12-4-3-7-25-12/h3-4,7-10H,5-6H2,1-2H3,(H,19,20,23). The van der Waals surface area contributed by atoms with E-state index in [-0.39, 0.29) is 10.8 Å². The molecule has 4 heterocycles. The lowest BCUT2D eigenvalue weighted by molar-refractivity contribution is 0.184. The second-order valence-electron chi connectivity index (χ2n) is 5.82. The fourth-order valence-electron chi connectivity index (χ4n) is 2.66. The van der Waals surface area contributed by atoms with Crippen molar-refractivity contribution >= 4 is 44.7 Å². The van der Waals surface area contributed by atoms with Gasteiger partial charge in [-0.15, -0.1) is 32.9 Å². The van der Waals surface area contributed by atoms with E-state index in [1.165, 1.54) is 23.1 Å². The zero-order valence-corrected chi connectivity index (χ0v) is 17.2. The second kappa shape index (κ2) is 7.93. The molecular weight excluding hydrogens is 402 g/mol. The number of hydrogen-bond donors (Lipinski definition) is 1. The van der Waals surface area contributed by atoms with E-state index in [9.17, 15) is 4.79 Å². The van der Waals surface area contributed by atoms with Crippen LogP contribution in [0, 0.1) is 0 Å². The number of aromatic amines is 1. The minimum absolute atomic E-state index is 0.0696. The highest BCUT2D eigenvalue weighted by molar-refractivity contribution is 7.99. The lowest BCUT2D eigenvalue weighted by atomic mass is 10.2. The van der Waals surface area contributed by atoms with Crippen LogP contribution in [0.4, 0.5) is 0 Å². The number of aromatic nitrogens is 5. The molecule has 10 heteroatoms. The molecule has 0 aliphatic rings. The average Bonchev–Trinajstić information content (AvgIpc) is 3.40. The van der Waals surface area contributed by atoms with Crippen molar-refractivity contribution in [1.82, 2.24) is 24.7 Å². The summed E-state index contributed by atoms with van der Waals surface area (Å²) < 4.78 is 7.05. The van der Waals surface area contributed by atoms with Crippen LogP contribution in [-0.4, -0.2) is 38.4 Å². The maximum absolute atomic E-state index is 12.7. The summed E-state index contributed by atoms with van der Waals surface area (Å²) in [5, 5.41) is 13.5. The fourth-order valence-corrected chi connectivity index (χ4v) is 5.34. The number of ether oxygens (including phenoxy) is 1. The topological polar surface area (TPSA) is 85.7 Å². The summed E-state index contributed by atoms with van der Waals surface area (Å²) in [6.45, 7) is 3.26. The minimum atomic E-state index is -0.104. The molecule has 4 aromatic heterocycles. The predicted molar refractivity (Wildman–Crippen MR) is 110 cm³/mol. The molecule has 0 aromatic carbocycles. The molecule has 0 fully saturated rings. The van der Waals surface area contributed by atoms with Crippen molar-refractivity contribution in [2.45, 2.75) is 23.9 Å². The molecule has 0 saturated carbocycles. The monoisotopic (exact) mass is 419 g/mol. The predicted octanol–water partition coefficient (Wildman–Crippen LogP) is 3.80. The molecule has 1 unspecified atom stereocenters. The van der Waals surface area contributed by atoms with E-state index in [0.29, 0.717) is 24.4 Å². The van der Waals surface area contributed by atoms with Crippen LogP contribution in [0.1, 0.15) is 18.0 Å². The molecule has 0 saturated heterocycles.